The average molecular weight is 264 g/mol. The van der Waals surface area contributed by atoms with Gasteiger partial charge in [0.05, 0.1) is 0 Å². The lowest BCUT2D eigenvalue weighted by molar-refractivity contribution is 0.0528. The maximum Gasteiger partial charge on any atom is 0.0417 e. The van der Waals surface area contributed by atoms with E-state index >= 15 is 0 Å². The third-order valence-corrected chi connectivity index (χ3v) is 5.85. The predicted molar refractivity (Wildman–Crippen MR) is 78.0 cm³/mol. The van der Waals surface area contributed by atoms with E-state index in [2.05, 4.69) is 48.5 Å². The van der Waals surface area contributed by atoms with Crippen LogP contribution in [0.15, 0.2) is 17.5 Å². The van der Waals surface area contributed by atoms with Gasteiger partial charge in [-0.2, -0.15) is 0 Å². The van der Waals surface area contributed by atoms with E-state index < -0.39 is 0 Å². The van der Waals surface area contributed by atoms with Gasteiger partial charge in [-0.15, -0.1) is 11.3 Å². The zero-order valence-electron chi connectivity index (χ0n) is 11.6. The van der Waals surface area contributed by atoms with Crippen molar-refractivity contribution in [2.75, 3.05) is 13.1 Å². The minimum atomic E-state index is 0.345. The van der Waals surface area contributed by atoms with Gasteiger partial charge < -0.3 is 5.32 Å². The van der Waals surface area contributed by atoms with E-state index in [0.717, 1.165) is 12.5 Å². The van der Waals surface area contributed by atoms with Crippen LogP contribution in [0.4, 0.5) is 0 Å². The smallest absolute Gasteiger partial charge is 0.0417 e. The number of rotatable bonds is 3. The maximum atomic E-state index is 3.80. The highest BCUT2D eigenvalue weighted by molar-refractivity contribution is 7.10. The molecule has 2 aliphatic rings. The molecule has 0 spiro atoms. The Balaban J connectivity index is 1.77. The Kier molecular flexibility index (Phi) is 3.25. The minimum absolute atomic E-state index is 0.345. The van der Waals surface area contributed by atoms with Crippen molar-refractivity contribution in [1.29, 1.82) is 0 Å². The Morgan fingerprint density at radius 3 is 2.89 bits per heavy atom. The van der Waals surface area contributed by atoms with Gasteiger partial charge in [-0.1, -0.05) is 6.07 Å². The summed E-state index contributed by atoms with van der Waals surface area (Å²) in [6.07, 6.45) is 2.83. The average Bonchev–Trinajstić information content (AvgIpc) is 3.09. The quantitative estimate of drug-likeness (QED) is 0.901. The van der Waals surface area contributed by atoms with Gasteiger partial charge in [-0.3, -0.25) is 4.90 Å². The molecule has 2 heterocycles. The number of hydrogen-bond acceptors (Lipinski definition) is 3. The monoisotopic (exact) mass is 264 g/mol. The largest absolute Gasteiger partial charge is 0.308 e. The van der Waals surface area contributed by atoms with Crippen LogP contribution < -0.4 is 5.32 Å². The second kappa shape index (κ2) is 4.62. The zero-order chi connectivity index (χ0) is 12.8. The standard InChI is InChI=1S/C15H24N2S/c1-11-9-16-15(3,13-6-7-13)10-17(11)12(2)14-5-4-8-18-14/h4-5,8,11-13,16H,6-7,9-10H2,1-3H3. The molecule has 1 aromatic heterocycles. The van der Waals surface area contributed by atoms with Crippen molar-refractivity contribution in [3.63, 3.8) is 0 Å². The van der Waals surface area contributed by atoms with Crippen LogP contribution in [0.2, 0.25) is 0 Å². The molecule has 2 fully saturated rings. The van der Waals surface area contributed by atoms with Crippen LogP contribution in [0.25, 0.3) is 0 Å². The zero-order valence-corrected chi connectivity index (χ0v) is 12.5. The lowest BCUT2D eigenvalue weighted by atomic mass is 9.90. The van der Waals surface area contributed by atoms with Gasteiger partial charge >= 0.3 is 0 Å². The fourth-order valence-electron chi connectivity index (χ4n) is 3.29. The van der Waals surface area contributed by atoms with Crippen molar-refractivity contribution in [2.24, 2.45) is 5.92 Å². The molecule has 0 radical (unpaired) electrons. The summed E-state index contributed by atoms with van der Waals surface area (Å²) in [7, 11) is 0. The van der Waals surface area contributed by atoms with Crippen molar-refractivity contribution in [3.8, 4) is 0 Å². The molecule has 3 atom stereocenters. The molecule has 1 saturated heterocycles. The SMILES string of the molecule is CC1CNC(C)(C2CC2)CN1C(C)c1cccs1. The first-order valence-electron chi connectivity index (χ1n) is 7.14. The summed E-state index contributed by atoms with van der Waals surface area (Å²) in [4.78, 5) is 4.20. The molecule has 100 valence electrons. The summed E-state index contributed by atoms with van der Waals surface area (Å²) >= 11 is 1.89. The van der Waals surface area contributed by atoms with Crippen LogP contribution in [0, 0.1) is 5.92 Å². The number of thiophene rings is 1. The Hall–Kier alpha value is -0.380. The van der Waals surface area contributed by atoms with Gasteiger partial charge in [0.2, 0.25) is 0 Å². The van der Waals surface area contributed by atoms with Crippen molar-refractivity contribution in [3.05, 3.63) is 22.4 Å². The second-order valence-corrected chi connectivity index (χ2v) is 7.26. The fourth-order valence-corrected chi connectivity index (χ4v) is 4.10. The number of hydrogen-bond donors (Lipinski definition) is 1. The number of piperazine rings is 1. The van der Waals surface area contributed by atoms with Gasteiger partial charge in [-0.25, -0.2) is 0 Å². The first-order valence-corrected chi connectivity index (χ1v) is 8.02. The summed E-state index contributed by atoms with van der Waals surface area (Å²) < 4.78 is 0. The van der Waals surface area contributed by atoms with Crippen LogP contribution in [-0.4, -0.2) is 29.6 Å². The van der Waals surface area contributed by atoms with Gasteiger partial charge in [0.15, 0.2) is 0 Å². The summed E-state index contributed by atoms with van der Waals surface area (Å²) in [5.41, 5.74) is 0.345. The number of nitrogens with zero attached hydrogens (tertiary/aromatic N) is 1. The van der Waals surface area contributed by atoms with E-state index in [4.69, 9.17) is 0 Å². The fraction of sp³-hybridized carbons (Fsp3) is 0.733. The Bertz CT molecular complexity index is 399. The van der Waals surface area contributed by atoms with Gasteiger partial charge in [0, 0.05) is 35.6 Å². The van der Waals surface area contributed by atoms with Crippen LogP contribution >= 0.6 is 11.3 Å². The molecule has 18 heavy (non-hydrogen) atoms. The number of nitrogens with one attached hydrogen (secondary N) is 1. The molecule has 1 N–H and O–H groups in total. The van der Waals surface area contributed by atoms with Gasteiger partial charge in [-0.05, 0) is 51.0 Å². The molecular weight excluding hydrogens is 240 g/mol. The van der Waals surface area contributed by atoms with Crippen molar-refractivity contribution < 1.29 is 0 Å². The summed E-state index contributed by atoms with van der Waals surface area (Å²) in [6, 6.07) is 5.64. The lowest BCUT2D eigenvalue weighted by Gasteiger charge is -2.48. The van der Waals surface area contributed by atoms with Crippen LogP contribution in [0.1, 0.15) is 44.5 Å². The molecule has 3 unspecified atom stereocenters. The first-order chi connectivity index (χ1) is 8.60. The third-order valence-electron chi connectivity index (χ3n) is 4.81. The highest BCUT2D eigenvalue weighted by Gasteiger charge is 2.46. The van der Waals surface area contributed by atoms with Crippen molar-refractivity contribution >= 4 is 11.3 Å². The second-order valence-electron chi connectivity index (χ2n) is 6.29. The van der Waals surface area contributed by atoms with E-state index in [1.807, 2.05) is 11.3 Å². The summed E-state index contributed by atoms with van der Waals surface area (Å²) in [5, 5.41) is 5.99. The van der Waals surface area contributed by atoms with E-state index in [0.29, 0.717) is 17.6 Å². The molecule has 1 saturated carbocycles. The van der Waals surface area contributed by atoms with Gasteiger partial charge in [0.25, 0.3) is 0 Å². The topological polar surface area (TPSA) is 15.3 Å². The normalized spacial score (nSPS) is 35.6. The summed E-state index contributed by atoms with van der Waals surface area (Å²) in [5.74, 6) is 0.906. The molecule has 3 rings (SSSR count). The molecule has 3 heteroatoms. The molecule has 1 aliphatic carbocycles. The lowest BCUT2D eigenvalue weighted by Crippen LogP contribution is -2.63. The van der Waals surface area contributed by atoms with Gasteiger partial charge in [0.1, 0.15) is 0 Å². The van der Waals surface area contributed by atoms with Crippen LogP contribution in [-0.2, 0) is 0 Å². The Labute approximate surface area is 114 Å². The molecule has 1 aliphatic heterocycles. The third kappa shape index (κ3) is 2.24. The van der Waals surface area contributed by atoms with Crippen LogP contribution in [0.3, 0.4) is 0 Å². The van der Waals surface area contributed by atoms with E-state index in [1.54, 1.807) is 0 Å². The van der Waals surface area contributed by atoms with Crippen LogP contribution in [0.5, 0.6) is 0 Å². The van der Waals surface area contributed by atoms with E-state index in [-0.39, 0.29) is 0 Å². The molecule has 0 aromatic carbocycles. The molecule has 2 nitrogen and oxygen atoms in total. The predicted octanol–water partition coefficient (Wildman–Crippen LogP) is 3.27. The summed E-state index contributed by atoms with van der Waals surface area (Å²) in [6.45, 7) is 9.45. The molecule has 0 amide bonds. The molecule has 0 bridgehead atoms. The first kappa shape index (κ1) is 12.6. The Morgan fingerprint density at radius 2 is 2.28 bits per heavy atom. The van der Waals surface area contributed by atoms with E-state index in [9.17, 15) is 0 Å². The highest BCUT2D eigenvalue weighted by atomic mass is 32.1. The highest BCUT2D eigenvalue weighted by Crippen LogP contribution is 2.42. The molecular formula is C15H24N2S. The minimum Gasteiger partial charge on any atom is -0.308 e. The molecule has 1 aromatic rings. The van der Waals surface area contributed by atoms with Crippen molar-refractivity contribution in [1.82, 2.24) is 10.2 Å². The Morgan fingerprint density at radius 1 is 1.50 bits per heavy atom. The maximum absolute atomic E-state index is 3.80. The van der Waals surface area contributed by atoms with Crippen molar-refractivity contribution in [2.45, 2.75) is 51.2 Å². The van der Waals surface area contributed by atoms with E-state index in [1.165, 1.54) is 24.3 Å².